The van der Waals surface area contributed by atoms with E-state index in [4.69, 9.17) is 0 Å². The molecule has 0 saturated heterocycles. The molecule has 0 aromatic heterocycles. The Labute approximate surface area is 126 Å². The molecule has 1 fully saturated rings. The van der Waals surface area contributed by atoms with E-state index >= 15 is 0 Å². The number of fused-ring (bicyclic) bond motifs is 1. The van der Waals surface area contributed by atoms with E-state index < -0.39 is 0 Å². The van der Waals surface area contributed by atoms with E-state index in [2.05, 4.69) is 53.3 Å². The van der Waals surface area contributed by atoms with Crippen LogP contribution >= 0.6 is 0 Å². The van der Waals surface area contributed by atoms with Gasteiger partial charge >= 0.3 is 0 Å². The topological polar surface area (TPSA) is 0 Å². The first kappa shape index (κ1) is 15.6. The van der Waals surface area contributed by atoms with E-state index in [-0.39, 0.29) is 0 Å². The zero-order valence-corrected chi connectivity index (χ0v) is 14.1. The minimum absolute atomic E-state index is 0.638. The van der Waals surface area contributed by atoms with Crippen LogP contribution in [0.1, 0.15) is 66.7 Å². The fourth-order valence-electron chi connectivity index (χ4n) is 4.07. The molecule has 4 rings (SSSR count). The van der Waals surface area contributed by atoms with Crippen molar-refractivity contribution in [2.45, 2.75) is 66.7 Å². The Morgan fingerprint density at radius 3 is 2.25 bits per heavy atom. The minimum Gasteiger partial charge on any atom is -0.0998 e. The monoisotopic (exact) mass is 272 g/mol. The van der Waals surface area contributed by atoms with Gasteiger partial charge in [-0.1, -0.05) is 49.3 Å². The maximum absolute atomic E-state index is 3.97. The van der Waals surface area contributed by atoms with Gasteiger partial charge in [-0.2, -0.15) is 0 Å². The van der Waals surface area contributed by atoms with Gasteiger partial charge in [0.05, 0.1) is 0 Å². The van der Waals surface area contributed by atoms with Crippen LogP contribution in [0.4, 0.5) is 0 Å². The molecule has 0 heteroatoms. The zero-order chi connectivity index (χ0) is 14.9. The summed E-state index contributed by atoms with van der Waals surface area (Å²) < 4.78 is 0. The van der Waals surface area contributed by atoms with Crippen molar-refractivity contribution in [1.29, 1.82) is 0 Å². The number of hydrogen-bond acceptors (Lipinski definition) is 0. The average molecular weight is 272 g/mol. The second-order valence-electron chi connectivity index (χ2n) is 7.86. The average Bonchev–Trinajstić information content (AvgIpc) is 2.39. The van der Waals surface area contributed by atoms with Gasteiger partial charge in [0.25, 0.3) is 0 Å². The quantitative estimate of drug-likeness (QED) is 0.491. The molecule has 112 valence electrons. The van der Waals surface area contributed by atoms with E-state index in [1.165, 1.54) is 37.7 Å². The second-order valence-corrected chi connectivity index (χ2v) is 7.86. The first-order chi connectivity index (χ1) is 9.32. The van der Waals surface area contributed by atoms with Crippen LogP contribution in [0.5, 0.6) is 0 Å². The van der Waals surface area contributed by atoms with Crippen molar-refractivity contribution >= 4 is 0 Å². The van der Waals surface area contributed by atoms with Crippen molar-refractivity contribution in [3.05, 3.63) is 35.5 Å². The first-order valence-corrected chi connectivity index (χ1v) is 8.30. The fraction of sp³-hybridized carbons (Fsp3) is 0.700. The largest absolute Gasteiger partial charge is 0.0998 e. The molecular formula is C20H32. The Balaban J connectivity index is 0.000000147. The Morgan fingerprint density at radius 2 is 1.90 bits per heavy atom. The molecule has 3 atom stereocenters. The molecule has 4 aliphatic rings. The van der Waals surface area contributed by atoms with Gasteiger partial charge in [-0.05, 0) is 76.0 Å². The highest BCUT2D eigenvalue weighted by Gasteiger charge is 2.49. The van der Waals surface area contributed by atoms with Crippen LogP contribution in [0.15, 0.2) is 35.5 Å². The lowest BCUT2D eigenvalue weighted by Gasteiger charge is -2.56. The van der Waals surface area contributed by atoms with Crippen molar-refractivity contribution in [1.82, 2.24) is 0 Å². The van der Waals surface area contributed by atoms with Crippen LogP contribution in [0.2, 0.25) is 0 Å². The third-order valence-electron chi connectivity index (χ3n) is 6.08. The van der Waals surface area contributed by atoms with Gasteiger partial charge < -0.3 is 0 Å². The predicted molar refractivity (Wildman–Crippen MR) is 89.7 cm³/mol. The van der Waals surface area contributed by atoms with Crippen molar-refractivity contribution < 1.29 is 0 Å². The predicted octanol–water partition coefficient (Wildman–Crippen LogP) is 6.31. The van der Waals surface area contributed by atoms with Crippen LogP contribution in [-0.4, -0.2) is 0 Å². The molecule has 0 aliphatic heterocycles. The summed E-state index contributed by atoms with van der Waals surface area (Å²) in [5.74, 6) is 2.69. The van der Waals surface area contributed by atoms with Crippen molar-refractivity contribution in [3.63, 3.8) is 0 Å². The molecule has 0 heterocycles. The third-order valence-corrected chi connectivity index (χ3v) is 6.08. The maximum atomic E-state index is 3.97. The van der Waals surface area contributed by atoms with Gasteiger partial charge in [-0.15, -0.1) is 0 Å². The molecule has 0 spiro atoms. The summed E-state index contributed by atoms with van der Waals surface area (Å²) in [4.78, 5) is 0. The van der Waals surface area contributed by atoms with Crippen molar-refractivity contribution in [2.24, 2.45) is 23.2 Å². The van der Waals surface area contributed by atoms with E-state index in [0.29, 0.717) is 5.41 Å². The van der Waals surface area contributed by atoms with Gasteiger partial charge in [0.2, 0.25) is 0 Å². The Kier molecular flexibility index (Phi) is 4.62. The molecule has 0 N–H and O–H groups in total. The first-order valence-electron chi connectivity index (χ1n) is 8.30. The summed E-state index contributed by atoms with van der Waals surface area (Å²) in [5.41, 5.74) is 5.19. The lowest BCUT2D eigenvalue weighted by atomic mass is 9.49. The summed E-state index contributed by atoms with van der Waals surface area (Å²) >= 11 is 0. The molecule has 0 aromatic carbocycles. The summed E-state index contributed by atoms with van der Waals surface area (Å²) in [6.07, 6.45) is 11.4. The molecule has 0 radical (unpaired) electrons. The fourth-order valence-corrected chi connectivity index (χ4v) is 4.07. The summed E-state index contributed by atoms with van der Waals surface area (Å²) in [5, 5.41) is 0. The number of rotatable bonds is 1. The highest BCUT2D eigenvalue weighted by molar-refractivity contribution is 5.21. The smallest absolute Gasteiger partial charge is 0.0149 e. The van der Waals surface area contributed by atoms with Crippen molar-refractivity contribution in [2.75, 3.05) is 0 Å². The van der Waals surface area contributed by atoms with Crippen LogP contribution in [0, 0.1) is 23.2 Å². The van der Waals surface area contributed by atoms with Gasteiger partial charge in [0, 0.05) is 0 Å². The van der Waals surface area contributed by atoms with Crippen LogP contribution in [-0.2, 0) is 0 Å². The molecule has 0 nitrogen and oxygen atoms in total. The molecule has 2 unspecified atom stereocenters. The molecule has 0 amide bonds. The van der Waals surface area contributed by atoms with Gasteiger partial charge in [0.15, 0.2) is 0 Å². The molecule has 20 heavy (non-hydrogen) atoms. The van der Waals surface area contributed by atoms with Crippen LogP contribution < -0.4 is 0 Å². The van der Waals surface area contributed by atoms with Crippen LogP contribution in [0.25, 0.3) is 0 Å². The van der Waals surface area contributed by atoms with Gasteiger partial charge in [-0.25, -0.2) is 0 Å². The number of hydrogen-bond donors (Lipinski definition) is 0. The lowest BCUT2D eigenvalue weighted by Crippen LogP contribution is -2.47. The minimum atomic E-state index is 0.638. The highest BCUT2D eigenvalue weighted by atomic mass is 14.5. The number of allylic oxidation sites excluding steroid dienone is 5. The summed E-state index contributed by atoms with van der Waals surface area (Å²) in [7, 11) is 0. The molecule has 4 aliphatic carbocycles. The van der Waals surface area contributed by atoms with Gasteiger partial charge in [0.1, 0.15) is 0 Å². The molecule has 0 aromatic rings. The highest BCUT2D eigenvalue weighted by Crippen LogP contribution is 2.58. The summed E-state index contributed by atoms with van der Waals surface area (Å²) in [6.45, 7) is 15.5. The maximum Gasteiger partial charge on any atom is -0.0149 e. The Hall–Kier alpha value is -0.780. The Bertz CT molecular complexity index is 433. The molecule has 1 saturated carbocycles. The second kappa shape index (κ2) is 5.92. The third kappa shape index (κ3) is 3.10. The van der Waals surface area contributed by atoms with Gasteiger partial charge in [-0.3, -0.25) is 0 Å². The molecule has 2 bridgehead atoms. The van der Waals surface area contributed by atoms with E-state index in [0.717, 1.165) is 17.8 Å². The normalized spacial score (nSPS) is 34.0. The lowest BCUT2D eigenvalue weighted by molar-refractivity contribution is -0.00579. The zero-order valence-electron chi connectivity index (χ0n) is 14.1. The standard InChI is InChI=1S/2C10H16/c1-7-4-5-8-6-9(7)10(8,2)3;1-8(2)10-6-4-9(3)5-7-10/h4,8-9H,5-6H2,1-3H3;4,10H,1,5-7H2,2-3H3/t;10-/m.0/s1. The van der Waals surface area contributed by atoms with E-state index in [9.17, 15) is 0 Å². The Morgan fingerprint density at radius 1 is 1.20 bits per heavy atom. The van der Waals surface area contributed by atoms with Crippen molar-refractivity contribution in [3.8, 4) is 0 Å². The SMILES string of the molecule is C=C(C)[C@H]1CC=C(C)CC1.CC1=CCC2CC1C2(C)C. The van der Waals surface area contributed by atoms with E-state index in [1.807, 2.05) is 0 Å². The summed E-state index contributed by atoms with van der Waals surface area (Å²) in [6, 6.07) is 0. The van der Waals surface area contributed by atoms with E-state index in [1.54, 1.807) is 11.1 Å². The van der Waals surface area contributed by atoms with Crippen LogP contribution in [0.3, 0.4) is 0 Å². The molecular weight excluding hydrogens is 240 g/mol.